The predicted molar refractivity (Wildman–Crippen MR) is 113 cm³/mol. The first-order valence-electron chi connectivity index (χ1n) is 8.61. The van der Waals surface area contributed by atoms with Gasteiger partial charge in [-0.3, -0.25) is 0 Å². The summed E-state index contributed by atoms with van der Waals surface area (Å²) in [6.45, 7) is 0. The molecule has 5 nitrogen and oxygen atoms in total. The van der Waals surface area contributed by atoms with Gasteiger partial charge in [-0.2, -0.15) is 0 Å². The van der Waals surface area contributed by atoms with E-state index in [0.717, 1.165) is 22.6 Å². The Morgan fingerprint density at radius 2 is 1.71 bits per heavy atom. The molecule has 0 saturated carbocycles. The lowest BCUT2D eigenvalue weighted by atomic mass is 10.2. The van der Waals surface area contributed by atoms with Crippen molar-refractivity contribution in [3.8, 4) is 22.9 Å². The summed E-state index contributed by atoms with van der Waals surface area (Å²) in [7, 11) is 0. The highest BCUT2D eigenvalue weighted by molar-refractivity contribution is 7.98. The topological polar surface area (TPSA) is 66.0 Å². The van der Waals surface area contributed by atoms with Gasteiger partial charge in [0.05, 0.1) is 0 Å². The van der Waals surface area contributed by atoms with Gasteiger partial charge in [-0.25, -0.2) is 4.68 Å². The van der Waals surface area contributed by atoms with Gasteiger partial charge < -0.3 is 10.6 Å². The number of halogens is 1. The number of hydrogen-bond donors (Lipinski definition) is 1. The van der Waals surface area contributed by atoms with Crippen LogP contribution in [0.15, 0.2) is 84.0 Å². The van der Waals surface area contributed by atoms with Crippen LogP contribution in [0.1, 0.15) is 5.56 Å². The van der Waals surface area contributed by atoms with Crippen LogP contribution in [-0.2, 0) is 5.75 Å². The molecule has 28 heavy (non-hydrogen) atoms. The summed E-state index contributed by atoms with van der Waals surface area (Å²) in [5.74, 6) is 9.02. The van der Waals surface area contributed by atoms with Gasteiger partial charge in [0.25, 0.3) is 0 Å². The molecule has 0 spiro atoms. The van der Waals surface area contributed by atoms with E-state index in [1.54, 1.807) is 0 Å². The van der Waals surface area contributed by atoms with Gasteiger partial charge in [0.2, 0.25) is 5.16 Å². The van der Waals surface area contributed by atoms with Crippen molar-refractivity contribution in [3.05, 3.63) is 89.4 Å². The van der Waals surface area contributed by atoms with Crippen LogP contribution < -0.4 is 10.6 Å². The Balaban J connectivity index is 1.51. The quantitative estimate of drug-likeness (QED) is 0.342. The summed E-state index contributed by atoms with van der Waals surface area (Å²) >= 11 is 7.56. The number of hydrogen-bond acceptors (Lipinski definition) is 5. The lowest BCUT2D eigenvalue weighted by Crippen LogP contribution is -2.11. The number of benzene rings is 3. The third-order valence-electron chi connectivity index (χ3n) is 4.05. The van der Waals surface area contributed by atoms with Crippen molar-refractivity contribution >= 4 is 23.4 Å². The molecule has 7 heteroatoms. The molecule has 0 amide bonds. The molecule has 0 aliphatic rings. The second kappa shape index (κ2) is 8.37. The first kappa shape index (κ1) is 18.4. The van der Waals surface area contributed by atoms with Gasteiger partial charge in [-0.1, -0.05) is 71.9 Å². The van der Waals surface area contributed by atoms with Crippen molar-refractivity contribution in [2.24, 2.45) is 0 Å². The lowest BCUT2D eigenvalue weighted by Gasteiger charge is -2.10. The van der Waals surface area contributed by atoms with Gasteiger partial charge in [-0.15, -0.1) is 10.2 Å². The molecule has 0 saturated heterocycles. The molecule has 1 aromatic heterocycles. The standard InChI is InChI=1S/C21H17ClN4OS/c22-17-9-6-8-15(13-17)20-24-25-21(26(20)23)28-14-16-7-4-5-12-19(16)27-18-10-2-1-3-11-18/h1-13H,14,23H2. The van der Waals surface area contributed by atoms with Gasteiger partial charge in [0, 0.05) is 21.9 Å². The van der Waals surface area contributed by atoms with E-state index in [2.05, 4.69) is 10.2 Å². The molecular weight excluding hydrogens is 392 g/mol. The van der Waals surface area contributed by atoms with Crippen LogP contribution >= 0.6 is 23.4 Å². The molecule has 0 aliphatic carbocycles. The Hall–Kier alpha value is -2.96. The Kier molecular flexibility index (Phi) is 5.50. The van der Waals surface area contributed by atoms with Crippen LogP contribution in [0.5, 0.6) is 11.5 Å². The van der Waals surface area contributed by atoms with Crippen molar-refractivity contribution in [1.82, 2.24) is 14.9 Å². The minimum absolute atomic E-state index is 0.568. The summed E-state index contributed by atoms with van der Waals surface area (Å²) in [5, 5.41) is 9.67. The zero-order chi connectivity index (χ0) is 19.3. The van der Waals surface area contributed by atoms with Gasteiger partial charge in [0.1, 0.15) is 11.5 Å². The number of ether oxygens (including phenoxy) is 1. The monoisotopic (exact) mass is 408 g/mol. The average molecular weight is 409 g/mol. The number of nitrogens with two attached hydrogens (primary N) is 1. The minimum Gasteiger partial charge on any atom is -0.457 e. The fourth-order valence-electron chi connectivity index (χ4n) is 2.68. The van der Waals surface area contributed by atoms with E-state index in [1.807, 2.05) is 78.9 Å². The van der Waals surface area contributed by atoms with Crippen LogP contribution in [0.2, 0.25) is 5.02 Å². The maximum atomic E-state index is 6.21. The van der Waals surface area contributed by atoms with E-state index >= 15 is 0 Å². The zero-order valence-corrected chi connectivity index (χ0v) is 16.4. The highest BCUT2D eigenvalue weighted by atomic mass is 35.5. The predicted octanol–water partition coefficient (Wildman–Crippen LogP) is 5.40. The Morgan fingerprint density at radius 1 is 0.929 bits per heavy atom. The van der Waals surface area contributed by atoms with Crippen molar-refractivity contribution in [1.29, 1.82) is 0 Å². The molecule has 0 fully saturated rings. The fourth-order valence-corrected chi connectivity index (χ4v) is 3.72. The van der Waals surface area contributed by atoms with Crippen LogP contribution in [0.25, 0.3) is 11.4 Å². The molecular formula is C21H17ClN4OS. The van der Waals surface area contributed by atoms with Crippen molar-refractivity contribution in [3.63, 3.8) is 0 Å². The minimum atomic E-state index is 0.568. The molecule has 0 radical (unpaired) electrons. The number of nitrogen functional groups attached to an aromatic ring is 1. The molecule has 0 atom stereocenters. The lowest BCUT2D eigenvalue weighted by molar-refractivity contribution is 0.478. The van der Waals surface area contributed by atoms with Gasteiger partial charge in [-0.05, 0) is 30.3 Å². The Morgan fingerprint density at radius 3 is 2.54 bits per heavy atom. The van der Waals surface area contributed by atoms with E-state index in [1.165, 1.54) is 16.4 Å². The van der Waals surface area contributed by atoms with Crippen LogP contribution in [-0.4, -0.2) is 14.9 Å². The highest BCUT2D eigenvalue weighted by Crippen LogP contribution is 2.31. The van der Waals surface area contributed by atoms with Crippen molar-refractivity contribution in [2.45, 2.75) is 10.9 Å². The van der Waals surface area contributed by atoms with E-state index in [9.17, 15) is 0 Å². The summed E-state index contributed by atoms with van der Waals surface area (Å²) in [5.41, 5.74) is 1.87. The van der Waals surface area contributed by atoms with Gasteiger partial charge in [0.15, 0.2) is 5.82 Å². The molecule has 4 aromatic rings. The second-order valence-corrected chi connectivity index (χ2v) is 7.38. The summed E-state index contributed by atoms with van der Waals surface area (Å²) in [4.78, 5) is 0. The third kappa shape index (κ3) is 4.13. The fraction of sp³-hybridized carbons (Fsp3) is 0.0476. The molecule has 3 aromatic carbocycles. The largest absolute Gasteiger partial charge is 0.457 e. The molecule has 140 valence electrons. The molecule has 0 unspecified atom stereocenters. The zero-order valence-electron chi connectivity index (χ0n) is 14.8. The summed E-state index contributed by atoms with van der Waals surface area (Å²) < 4.78 is 7.50. The normalized spacial score (nSPS) is 10.8. The number of rotatable bonds is 6. The third-order valence-corrected chi connectivity index (χ3v) is 5.27. The maximum absolute atomic E-state index is 6.21. The van der Waals surface area contributed by atoms with Crippen LogP contribution in [0.3, 0.4) is 0 Å². The van der Waals surface area contributed by atoms with Crippen LogP contribution in [0.4, 0.5) is 0 Å². The number of para-hydroxylation sites is 2. The number of nitrogens with zero attached hydrogens (tertiary/aromatic N) is 3. The highest BCUT2D eigenvalue weighted by Gasteiger charge is 2.14. The summed E-state index contributed by atoms with van der Waals surface area (Å²) in [6.07, 6.45) is 0. The first-order chi connectivity index (χ1) is 13.7. The van der Waals surface area contributed by atoms with Crippen molar-refractivity contribution < 1.29 is 4.74 Å². The van der Waals surface area contributed by atoms with E-state index in [-0.39, 0.29) is 0 Å². The summed E-state index contributed by atoms with van der Waals surface area (Å²) in [6, 6.07) is 25.0. The van der Waals surface area contributed by atoms with Gasteiger partial charge >= 0.3 is 0 Å². The molecule has 2 N–H and O–H groups in total. The number of aromatic nitrogens is 3. The molecule has 4 rings (SSSR count). The SMILES string of the molecule is Nn1c(SCc2ccccc2Oc2ccccc2)nnc1-c1cccc(Cl)c1. The Bertz CT molecular complexity index is 1080. The second-order valence-electron chi connectivity index (χ2n) is 6.00. The maximum Gasteiger partial charge on any atom is 0.210 e. The first-order valence-corrected chi connectivity index (χ1v) is 9.97. The molecule has 0 aliphatic heterocycles. The number of thioether (sulfide) groups is 1. The van der Waals surface area contributed by atoms with Crippen molar-refractivity contribution in [2.75, 3.05) is 5.84 Å². The van der Waals surface area contributed by atoms with E-state index in [0.29, 0.717) is 21.8 Å². The van der Waals surface area contributed by atoms with E-state index in [4.69, 9.17) is 22.2 Å². The smallest absolute Gasteiger partial charge is 0.210 e. The molecule has 1 heterocycles. The molecule has 0 bridgehead atoms. The average Bonchev–Trinajstić information content (AvgIpc) is 3.08. The van der Waals surface area contributed by atoms with Crippen LogP contribution in [0, 0.1) is 0 Å². The van der Waals surface area contributed by atoms with E-state index < -0.39 is 0 Å². The Labute approximate surface area is 172 Å².